The van der Waals surface area contributed by atoms with Gasteiger partial charge in [-0.05, 0) is 30.5 Å². The number of aromatic nitrogens is 2. The molecular formula is C15H18N4O. The zero-order valence-corrected chi connectivity index (χ0v) is 11.2. The number of amides is 1. The molecular weight excluding hydrogens is 252 g/mol. The number of rotatable bonds is 6. The second-order valence-electron chi connectivity index (χ2n) is 5.19. The van der Waals surface area contributed by atoms with E-state index in [2.05, 4.69) is 14.9 Å². The van der Waals surface area contributed by atoms with Crippen LogP contribution in [-0.4, -0.2) is 15.5 Å². The Labute approximate surface area is 117 Å². The number of nitrogens with zero attached hydrogens (tertiary/aromatic N) is 2. The second kappa shape index (κ2) is 5.46. The second-order valence-corrected chi connectivity index (χ2v) is 5.19. The van der Waals surface area contributed by atoms with Crippen LogP contribution in [0.1, 0.15) is 40.5 Å². The summed E-state index contributed by atoms with van der Waals surface area (Å²) >= 11 is 0. The number of hydrogen-bond acceptors (Lipinski definition) is 3. The maximum absolute atomic E-state index is 11.1. The van der Waals surface area contributed by atoms with Crippen molar-refractivity contribution >= 4 is 5.91 Å². The van der Waals surface area contributed by atoms with E-state index in [-0.39, 0.29) is 0 Å². The molecule has 5 nitrogen and oxygen atoms in total. The molecule has 3 N–H and O–H groups in total. The molecule has 1 fully saturated rings. The van der Waals surface area contributed by atoms with E-state index in [4.69, 9.17) is 5.73 Å². The molecule has 0 bridgehead atoms. The van der Waals surface area contributed by atoms with Crippen LogP contribution in [0.15, 0.2) is 36.8 Å². The Bertz CT molecular complexity index is 616. The van der Waals surface area contributed by atoms with E-state index in [1.807, 2.05) is 30.7 Å². The number of carbonyl (C=O) groups excluding carboxylic acids is 1. The predicted octanol–water partition coefficient (Wildman–Crippen LogP) is 1.61. The lowest BCUT2D eigenvalue weighted by Gasteiger charge is -2.08. The van der Waals surface area contributed by atoms with Crippen LogP contribution in [0.4, 0.5) is 0 Å². The monoisotopic (exact) mass is 270 g/mol. The number of carbonyl (C=O) groups is 1. The molecule has 104 valence electrons. The van der Waals surface area contributed by atoms with Crippen molar-refractivity contribution in [2.75, 3.05) is 0 Å². The highest BCUT2D eigenvalue weighted by molar-refractivity contribution is 5.92. The predicted molar refractivity (Wildman–Crippen MR) is 76.0 cm³/mol. The lowest BCUT2D eigenvalue weighted by Crippen LogP contribution is -2.16. The van der Waals surface area contributed by atoms with Crippen molar-refractivity contribution in [3.05, 3.63) is 53.6 Å². The Balaban J connectivity index is 1.58. The first-order valence-electron chi connectivity index (χ1n) is 6.84. The van der Waals surface area contributed by atoms with Crippen LogP contribution in [0.5, 0.6) is 0 Å². The SMILES string of the molecule is NC(=O)c1cccc(CNCc2cncn2C2CC2)c1. The first-order valence-corrected chi connectivity index (χ1v) is 6.84. The Morgan fingerprint density at radius 2 is 2.25 bits per heavy atom. The number of hydrogen-bond donors (Lipinski definition) is 2. The zero-order chi connectivity index (χ0) is 13.9. The van der Waals surface area contributed by atoms with Crippen molar-refractivity contribution in [2.45, 2.75) is 32.0 Å². The molecule has 1 aliphatic carbocycles. The molecule has 0 aliphatic heterocycles. The number of nitrogens with two attached hydrogens (primary N) is 1. The molecule has 1 aliphatic rings. The smallest absolute Gasteiger partial charge is 0.248 e. The molecule has 2 aromatic rings. The van der Waals surface area contributed by atoms with Gasteiger partial charge in [0.2, 0.25) is 5.91 Å². The molecule has 5 heteroatoms. The number of nitrogens with one attached hydrogen (secondary N) is 1. The van der Waals surface area contributed by atoms with Gasteiger partial charge in [-0.15, -0.1) is 0 Å². The van der Waals surface area contributed by atoms with Crippen LogP contribution < -0.4 is 11.1 Å². The van der Waals surface area contributed by atoms with Gasteiger partial charge >= 0.3 is 0 Å². The van der Waals surface area contributed by atoms with E-state index in [1.165, 1.54) is 18.5 Å². The third-order valence-electron chi connectivity index (χ3n) is 3.53. The third-order valence-corrected chi connectivity index (χ3v) is 3.53. The molecule has 0 unspecified atom stereocenters. The van der Waals surface area contributed by atoms with Crippen molar-refractivity contribution in [2.24, 2.45) is 5.73 Å². The summed E-state index contributed by atoms with van der Waals surface area (Å²) in [4.78, 5) is 15.3. The average molecular weight is 270 g/mol. The number of imidazole rings is 1. The minimum absolute atomic E-state index is 0.390. The van der Waals surface area contributed by atoms with Gasteiger partial charge in [-0.2, -0.15) is 0 Å². The highest BCUT2D eigenvalue weighted by Gasteiger charge is 2.24. The van der Waals surface area contributed by atoms with E-state index >= 15 is 0 Å². The van der Waals surface area contributed by atoms with Gasteiger partial charge in [-0.3, -0.25) is 4.79 Å². The molecule has 1 aromatic carbocycles. The summed E-state index contributed by atoms with van der Waals surface area (Å²) in [5.41, 5.74) is 8.09. The Morgan fingerprint density at radius 1 is 1.40 bits per heavy atom. The van der Waals surface area contributed by atoms with Gasteiger partial charge in [0.15, 0.2) is 0 Å². The maximum Gasteiger partial charge on any atom is 0.248 e. The van der Waals surface area contributed by atoms with Gasteiger partial charge in [0, 0.05) is 30.9 Å². The van der Waals surface area contributed by atoms with Gasteiger partial charge in [-0.25, -0.2) is 4.98 Å². The van der Waals surface area contributed by atoms with E-state index in [0.717, 1.165) is 12.1 Å². The fourth-order valence-electron chi connectivity index (χ4n) is 2.32. The highest BCUT2D eigenvalue weighted by Crippen LogP contribution is 2.35. The summed E-state index contributed by atoms with van der Waals surface area (Å²) < 4.78 is 2.24. The lowest BCUT2D eigenvalue weighted by molar-refractivity contribution is 0.1000. The molecule has 0 radical (unpaired) electrons. The molecule has 1 heterocycles. The van der Waals surface area contributed by atoms with E-state index in [9.17, 15) is 4.79 Å². The van der Waals surface area contributed by atoms with Crippen molar-refractivity contribution in [3.63, 3.8) is 0 Å². The normalized spacial score (nSPS) is 14.4. The molecule has 1 saturated carbocycles. The molecule has 0 saturated heterocycles. The third kappa shape index (κ3) is 2.88. The van der Waals surface area contributed by atoms with E-state index in [1.54, 1.807) is 6.07 Å². The van der Waals surface area contributed by atoms with Gasteiger partial charge in [-0.1, -0.05) is 12.1 Å². The summed E-state index contributed by atoms with van der Waals surface area (Å²) in [7, 11) is 0. The van der Waals surface area contributed by atoms with E-state index < -0.39 is 5.91 Å². The van der Waals surface area contributed by atoms with Crippen LogP contribution in [0, 0.1) is 0 Å². The Kier molecular flexibility index (Phi) is 3.52. The standard InChI is InChI=1S/C15H18N4O/c16-15(20)12-3-1-2-11(6-12)7-17-8-14-9-18-10-19(14)13-4-5-13/h1-3,6,9-10,13,17H,4-5,7-8H2,(H2,16,20). The molecule has 0 atom stereocenters. The number of primary amides is 1. The van der Waals surface area contributed by atoms with Crippen LogP contribution in [0.3, 0.4) is 0 Å². The molecule has 20 heavy (non-hydrogen) atoms. The Morgan fingerprint density at radius 3 is 3.00 bits per heavy atom. The van der Waals surface area contributed by atoms with Gasteiger partial charge in [0.25, 0.3) is 0 Å². The van der Waals surface area contributed by atoms with Gasteiger partial charge in [0.1, 0.15) is 0 Å². The average Bonchev–Trinajstić information content (AvgIpc) is 3.19. The fourth-order valence-corrected chi connectivity index (χ4v) is 2.32. The van der Waals surface area contributed by atoms with Crippen LogP contribution in [0.25, 0.3) is 0 Å². The minimum Gasteiger partial charge on any atom is -0.366 e. The Hall–Kier alpha value is -2.14. The summed E-state index contributed by atoms with van der Waals surface area (Å²) in [5, 5.41) is 3.38. The number of benzene rings is 1. The summed E-state index contributed by atoms with van der Waals surface area (Å²) in [6.07, 6.45) is 6.32. The topological polar surface area (TPSA) is 72.9 Å². The largest absolute Gasteiger partial charge is 0.366 e. The van der Waals surface area contributed by atoms with Gasteiger partial charge < -0.3 is 15.6 Å². The molecule has 3 rings (SSSR count). The quantitative estimate of drug-likeness (QED) is 0.837. The first kappa shape index (κ1) is 12.9. The lowest BCUT2D eigenvalue weighted by atomic mass is 10.1. The first-order chi connectivity index (χ1) is 9.74. The molecule has 1 amide bonds. The van der Waals surface area contributed by atoms with Crippen LogP contribution in [-0.2, 0) is 13.1 Å². The van der Waals surface area contributed by atoms with E-state index in [0.29, 0.717) is 18.2 Å². The fraction of sp³-hybridized carbons (Fsp3) is 0.333. The van der Waals surface area contributed by atoms with Crippen molar-refractivity contribution in [1.29, 1.82) is 0 Å². The van der Waals surface area contributed by atoms with Crippen molar-refractivity contribution < 1.29 is 4.79 Å². The molecule has 1 aromatic heterocycles. The summed E-state index contributed by atoms with van der Waals surface area (Å²) in [5.74, 6) is -0.390. The maximum atomic E-state index is 11.1. The minimum atomic E-state index is -0.390. The van der Waals surface area contributed by atoms with Gasteiger partial charge in [0.05, 0.1) is 12.0 Å². The van der Waals surface area contributed by atoms with Crippen LogP contribution >= 0.6 is 0 Å². The summed E-state index contributed by atoms with van der Waals surface area (Å²) in [6, 6.07) is 8.04. The van der Waals surface area contributed by atoms with Crippen molar-refractivity contribution in [1.82, 2.24) is 14.9 Å². The summed E-state index contributed by atoms with van der Waals surface area (Å²) in [6.45, 7) is 1.48. The highest BCUT2D eigenvalue weighted by atomic mass is 16.1. The zero-order valence-electron chi connectivity index (χ0n) is 11.2. The van der Waals surface area contributed by atoms with Crippen molar-refractivity contribution in [3.8, 4) is 0 Å². The molecule has 0 spiro atoms. The van der Waals surface area contributed by atoms with Crippen LogP contribution in [0.2, 0.25) is 0 Å².